The van der Waals surface area contributed by atoms with E-state index in [1.807, 2.05) is 36.1 Å². The number of alkyl halides is 5. The zero-order valence-corrected chi connectivity index (χ0v) is 22.7. The molecule has 2 aromatic carbocycles. The highest BCUT2D eigenvalue weighted by Crippen LogP contribution is 2.51. The van der Waals surface area contributed by atoms with Gasteiger partial charge in [0.05, 0.1) is 0 Å². The maximum Gasteiger partial charge on any atom is 0.426 e. The molecule has 1 saturated carbocycles. The van der Waals surface area contributed by atoms with Crippen molar-refractivity contribution in [3.8, 4) is 0 Å². The Morgan fingerprint density at radius 2 is 1.65 bits per heavy atom. The van der Waals surface area contributed by atoms with E-state index in [0.29, 0.717) is 44.7 Å². The number of carboxylic acids is 1. The van der Waals surface area contributed by atoms with Crippen LogP contribution in [0.5, 0.6) is 0 Å². The number of fused-ring (bicyclic) bond motifs is 3. The van der Waals surface area contributed by atoms with Gasteiger partial charge in [0.15, 0.2) is 0 Å². The topological polar surface area (TPSA) is 57.6 Å². The smallest absolute Gasteiger partial charge is 0.426 e. The standard InChI is InChI=1S/C31H34F5NO3/c1-19-3-5-20(6-4-19)18-29-15-16-37(26(38)21-11-13-30(33,14-12-21)27(39)40)25(29)10-7-22-17-23(8-9-24(22)29)28(2,32)31(34,35)36/h3-6,8-9,17,21,25H,7,10-16,18H2,1-2H3,(H,39,40). The van der Waals surface area contributed by atoms with E-state index >= 15 is 0 Å². The number of carbonyl (C=O) groups excluding carboxylic acids is 1. The minimum Gasteiger partial charge on any atom is -0.479 e. The molecule has 4 nitrogen and oxygen atoms in total. The van der Waals surface area contributed by atoms with Gasteiger partial charge >= 0.3 is 12.1 Å². The summed E-state index contributed by atoms with van der Waals surface area (Å²) in [5.41, 5.74) is -3.14. The summed E-state index contributed by atoms with van der Waals surface area (Å²) in [6.07, 6.45) is -3.09. The maximum atomic E-state index is 14.9. The second-order valence-electron chi connectivity index (χ2n) is 12.1. The molecule has 1 N–H and O–H groups in total. The van der Waals surface area contributed by atoms with Crippen molar-refractivity contribution >= 4 is 11.9 Å². The fourth-order valence-corrected chi connectivity index (χ4v) is 7.13. The number of hydrogen-bond acceptors (Lipinski definition) is 2. The van der Waals surface area contributed by atoms with Crippen LogP contribution < -0.4 is 0 Å². The maximum absolute atomic E-state index is 14.9. The molecule has 1 amide bonds. The van der Waals surface area contributed by atoms with Crippen molar-refractivity contribution in [2.24, 2.45) is 5.92 Å². The third kappa shape index (κ3) is 4.69. The van der Waals surface area contributed by atoms with Crippen LogP contribution in [0.15, 0.2) is 42.5 Å². The third-order valence-corrected chi connectivity index (χ3v) is 9.65. The molecule has 40 heavy (non-hydrogen) atoms. The van der Waals surface area contributed by atoms with Gasteiger partial charge in [0, 0.05) is 23.9 Å². The van der Waals surface area contributed by atoms with Gasteiger partial charge in [-0.3, -0.25) is 4.79 Å². The molecule has 216 valence electrons. The van der Waals surface area contributed by atoms with E-state index in [0.717, 1.165) is 16.7 Å². The number of benzene rings is 2. The Hall–Kier alpha value is -2.97. The van der Waals surface area contributed by atoms with Gasteiger partial charge in [-0.15, -0.1) is 0 Å². The molecule has 0 bridgehead atoms. The average molecular weight is 564 g/mol. The first kappa shape index (κ1) is 28.6. The van der Waals surface area contributed by atoms with Crippen LogP contribution in [0.25, 0.3) is 0 Å². The molecule has 9 heteroatoms. The number of nitrogens with zero attached hydrogens (tertiary/aromatic N) is 1. The lowest BCUT2D eigenvalue weighted by Gasteiger charge is -2.45. The lowest BCUT2D eigenvalue weighted by atomic mass is 9.63. The van der Waals surface area contributed by atoms with Crippen LogP contribution in [0.3, 0.4) is 0 Å². The number of halogens is 5. The van der Waals surface area contributed by atoms with Gasteiger partial charge in [-0.2, -0.15) is 13.2 Å². The van der Waals surface area contributed by atoms with E-state index in [2.05, 4.69) is 0 Å². The number of carbonyl (C=O) groups is 2. The van der Waals surface area contributed by atoms with Crippen LogP contribution in [0.1, 0.15) is 73.3 Å². The van der Waals surface area contributed by atoms with Gasteiger partial charge < -0.3 is 10.0 Å². The Kier molecular flexibility index (Phi) is 7.02. The van der Waals surface area contributed by atoms with Gasteiger partial charge in [-0.05, 0) is 87.5 Å². The number of amides is 1. The summed E-state index contributed by atoms with van der Waals surface area (Å²) in [6.45, 7) is 2.96. The summed E-state index contributed by atoms with van der Waals surface area (Å²) in [6, 6.07) is 12.0. The highest BCUT2D eigenvalue weighted by atomic mass is 19.4. The van der Waals surface area contributed by atoms with Gasteiger partial charge in [0.1, 0.15) is 0 Å². The number of carboxylic acid groups (broad SMARTS) is 1. The molecule has 3 atom stereocenters. The van der Waals surface area contributed by atoms with Crippen molar-refractivity contribution in [1.82, 2.24) is 4.90 Å². The van der Waals surface area contributed by atoms with Crippen molar-refractivity contribution in [3.63, 3.8) is 0 Å². The number of hydrogen-bond donors (Lipinski definition) is 1. The Bertz CT molecular complexity index is 1300. The van der Waals surface area contributed by atoms with E-state index < -0.39 is 40.4 Å². The monoisotopic (exact) mass is 563 g/mol. The molecular weight excluding hydrogens is 529 g/mol. The molecule has 2 aromatic rings. The minimum absolute atomic E-state index is 0.114. The quantitative estimate of drug-likeness (QED) is 0.410. The largest absolute Gasteiger partial charge is 0.479 e. The lowest BCUT2D eigenvalue weighted by Crippen LogP contribution is -2.51. The molecule has 5 rings (SSSR count). The van der Waals surface area contributed by atoms with Gasteiger partial charge in [0.25, 0.3) is 0 Å². The Balaban J connectivity index is 1.49. The van der Waals surface area contributed by atoms with E-state index in [1.165, 1.54) is 12.1 Å². The number of rotatable bonds is 5. The van der Waals surface area contributed by atoms with Crippen molar-refractivity contribution < 1.29 is 36.6 Å². The fourth-order valence-electron chi connectivity index (χ4n) is 7.13. The Morgan fingerprint density at radius 1 is 1.00 bits per heavy atom. The van der Waals surface area contributed by atoms with E-state index in [9.17, 15) is 36.6 Å². The third-order valence-electron chi connectivity index (χ3n) is 9.65. The summed E-state index contributed by atoms with van der Waals surface area (Å²) in [5.74, 6) is -2.08. The van der Waals surface area contributed by atoms with Gasteiger partial charge in [-0.1, -0.05) is 48.0 Å². The van der Waals surface area contributed by atoms with Crippen LogP contribution in [0.2, 0.25) is 0 Å². The van der Waals surface area contributed by atoms with E-state index in [1.54, 1.807) is 6.07 Å². The minimum atomic E-state index is -5.05. The van der Waals surface area contributed by atoms with Crippen LogP contribution >= 0.6 is 0 Å². The molecule has 1 heterocycles. The fraction of sp³-hybridized carbons (Fsp3) is 0.548. The summed E-state index contributed by atoms with van der Waals surface area (Å²) >= 11 is 0. The van der Waals surface area contributed by atoms with Crippen molar-refractivity contribution in [1.29, 1.82) is 0 Å². The Labute approximate surface area is 230 Å². The molecule has 0 spiro atoms. The number of aliphatic carboxylic acids is 1. The van der Waals surface area contributed by atoms with Crippen molar-refractivity contribution in [2.45, 2.75) is 94.2 Å². The van der Waals surface area contributed by atoms with Crippen LogP contribution in [0.4, 0.5) is 22.0 Å². The molecular formula is C31H34F5NO3. The van der Waals surface area contributed by atoms with Crippen molar-refractivity contribution in [3.05, 3.63) is 70.3 Å². The summed E-state index contributed by atoms with van der Waals surface area (Å²) < 4.78 is 70.0. The van der Waals surface area contributed by atoms with Gasteiger partial charge in [0.2, 0.25) is 17.2 Å². The van der Waals surface area contributed by atoms with Crippen molar-refractivity contribution in [2.75, 3.05) is 6.54 Å². The van der Waals surface area contributed by atoms with Crippen LogP contribution in [-0.2, 0) is 33.5 Å². The number of aryl methyl sites for hydroxylation is 2. The molecule has 1 aliphatic heterocycles. The average Bonchev–Trinajstić information content (AvgIpc) is 3.28. The second kappa shape index (κ2) is 9.84. The second-order valence-corrected chi connectivity index (χ2v) is 12.1. The summed E-state index contributed by atoms with van der Waals surface area (Å²) in [5, 5.41) is 9.23. The summed E-state index contributed by atoms with van der Waals surface area (Å²) in [7, 11) is 0. The zero-order valence-electron chi connectivity index (χ0n) is 22.7. The molecule has 3 aliphatic rings. The normalized spacial score (nSPS) is 29.8. The lowest BCUT2D eigenvalue weighted by molar-refractivity contribution is -0.228. The Morgan fingerprint density at radius 3 is 2.25 bits per heavy atom. The van der Waals surface area contributed by atoms with Crippen LogP contribution in [-0.4, -0.2) is 46.3 Å². The zero-order chi connectivity index (χ0) is 29.1. The summed E-state index contributed by atoms with van der Waals surface area (Å²) in [4.78, 5) is 26.9. The SMILES string of the molecule is Cc1ccc(CC23CCN(C(=O)C4CCC(F)(C(=O)O)CC4)C2CCc2cc(C(C)(F)C(F)(F)F)ccc23)cc1. The van der Waals surface area contributed by atoms with Gasteiger partial charge in [-0.25, -0.2) is 13.6 Å². The molecule has 3 unspecified atom stereocenters. The predicted molar refractivity (Wildman–Crippen MR) is 139 cm³/mol. The molecule has 2 fully saturated rings. The van der Waals surface area contributed by atoms with Crippen LogP contribution in [0, 0.1) is 12.8 Å². The first-order valence-electron chi connectivity index (χ1n) is 13.9. The van der Waals surface area contributed by atoms with E-state index in [4.69, 9.17) is 0 Å². The molecule has 2 aliphatic carbocycles. The molecule has 0 aromatic heterocycles. The molecule has 1 saturated heterocycles. The first-order valence-corrected chi connectivity index (χ1v) is 13.9. The first-order chi connectivity index (χ1) is 18.7. The highest BCUT2D eigenvalue weighted by Gasteiger charge is 2.56. The van der Waals surface area contributed by atoms with E-state index in [-0.39, 0.29) is 37.6 Å². The highest BCUT2D eigenvalue weighted by molar-refractivity contribution is 5.82. The number of likely N-dealkylation sites (tertiary alicyclic amines) is 1. The predicted octanol–water partition coefficient (Wildman–Crippen LogP) is 6.75. The molecule has 0 radical (unpaired) electrons.